The van der Waals surface area contributed by atoms with Crippen LogP contribution in [0.3, 0.4) is 0 Å². The van der Waals surface area contributed by atoms with E-state index < -0.39 is 0 Å². The number of benzene rings is 2. The SMILES string of the molecule is CN(C(=O)c1ccc(OCC2CC2)cc1)C1Cc2ccc(CNC3CCCC3)cc2C1. The number of rotatable bonds is 8. The summed E-state index contributed by atoms with van der Waals surface area (Å²) in [5.41, 5.74) is 4.89. The molecule has 0 heterocycles. The number of carbonyl (C=O) groups excluding carboxylic acids is 1. The Labute approximate surface area is 186 Å². The maximum atomic E-state index is 13.1. The van der Waals surface area contributed by atoms with Crippen LogP contribution in [0.5, 0.6) is 5.75 Å². The second-order valence-corrected chi connectivity index (χ2v) is 9.72. The Hall–Kier alpha value is -2.33. The van der Waals surface area contributed by atoms with Crippen molar-refractivity contribution in [2.75, 3.05) is 13.7 Å². The Bertz CT molecular complexity index is 913. The molecule has 5 rings (SSSR count). The van der Waals surface area contributed by atoms with Gasteiger partial charge >= 0.3 is 0 Å². The van der Waals surface area contributed by atoms with E-state index in [4.69, 9.17) is 4.74 Å². The summed E-state index contributed by atoms with van der Waals surface area (Å²) >= 11 is 0. The number of likely N-dealkylation sites (N-methyl/N-ethyl adjacent to an activating group) is 1. The first-order chi connectivity index (χ1) is 15.2. The van der Waals surface area contributed by atoms with Crippen molar-refractivity contribution in [2.24, 2.45) is 5.92 Å². The zero-order valence-electron chi connectivity index (χ0n) is 18.6. The maximum Gasteiger partial charge on any atom is 0.253 e. The predicted molar refractivity (Wildman–Crippen MR) is 123 cm³/mol. The molecule has 0 bridgehead atoms. The van der Waals surface area contributed by atoms with Crippen molar-refractivity contribution < 1.29 is 9.53 Å². The van der Waals surface area contributed by atoms with E-state index in [1.54, 1.807) is 0 Å². The van der Waals surface area contributed by atoms with E-state index in [1.807, 2.05) is 36.2 Å². The van der Waals surface area contributed by atoms with E-state index in [9.17, 15) is 4.79 Å². The molecule has 2 saturated carbocycles. The average Bonchev–Trinajstić information content (AvgIpc) is 3.30. The van der Waals surface area contributed by atoms with E-state index in [0.717, 1.165) is 43.2 Å². The highest BCUT2D eigenvalue weighted by atomic mass is 16.5. The smallest absolute Gasteiger partial charge is 0.253 e. The van der Waals surface area contributed by atoms with E-state index >= 15 is 0 Å². The molecular weight excluding hydrogens is 384 g/mol. The Morgan fingerprint density at radius 3 is 2.48 bits per heavy atom. The van der Waals surface area contributed by atoms with Crippen molar-refractivity contribution in [1.29, 1.82) is 0 Å². The van der Waals surface area contributed by atoms with Crippen molar-refractivity contribution in [3.63, 3.8) is 0 Å². The number of hydrogen-bond donors (Lipinski definition) is 1. The van der Waals surface area contributed by atoms with Crippen molar-refractivity contribution in [2.45, 2.75) is 70.0 Å². The van der Waals surface area contributed by atoms with Crippen LogP contribution in [0.1, 0.15) is 65.6 Å². The highest BCUT2D eigenvalue weighted by Gasteiger charge is 2.28. The Kier molecular flexibility index (Phi) is 5.99. The monoisotopic (exact) mass is 418 g/mol. The molecule has 31 heavy (non-hydrogen) atoms. The third-order valence-electron chi connectivity index (χ3n) is 7.28. The molecule has 2 fully saturated rings. The van der Waals surface area contributed by atoms with Gasteiger partial charge in [0.25, 0.3) is 5.91 Å². The minimum absolute atomic E-state index is 0.0923. The molecule has 0 radical (unpaired) electrons. The third-order valence-corrected chi connectivity index (χ3v) is 7.28. The summed E-state index contributed by atoms with van der Waals surface area (Å²) in [5.74, 6) is 1.68. The number of ether oxygens (including phenoxy) is 1. The molecule has 164 valence electrons. The van der Waals surface area contributed by atoms with Gasteiger partial charge in [0.05, 0.1) is 6.61 Å². The van der Waals surface area contributed by atoms with Crippen LogP contribution in [-0.4, -0.2) is 36.5 Å². The van der Waals surface area contributed by atoms with Gasteiger partial charge in [0.2, 0.25) is 0 Å². The second kappa shape index (κ2) is 9.04. The molecule has 0 aromatic heterocycles. The number of amides is 1. The number of carbonyl (C=O) groups is 1. The zero-order chi connectivity index (χ0) is 21.2. The molecule has 4 heteroatoms. The summed E-state index contributed by atoms with van der Waals surface area (Å²) in [4.78, 5) is 15.0. The molecule has 0 spiro atoms. The second-order valence-electron chi connectivity index (χ2n) is 9.72. The molecule has 3 aliphatic rings. The van der Waals surface area contributed by atoms with Crippen LogP contribution in [0.4, 0.5) is 0 Å². The van der Waals surface area contributed by atoms with Crippen LogP contribution in [-0.2, 0) is 19.4 Å². The van der Waals surface area contributed by atoms with Gasteiger partial charge in [-0.1, -0.05) is 31.0 Å². The zero-order valence-corrected chi connectivity index (χ0v) is 18.6. The number of fused-ring (bicyclic) bond motifs is 1. The molecule has 1 unspecified atom stereocenters. The maximum absolute atomic E-state index is 13.1. The lowest BCUT2D eigenvalue weighted by Gasteiger charge is -2.24. The molecule has 3 aliphatic carbocycles. The van der Waals surface area contributed by atoms with Gasteiger partial charge in [0, 0.05) is 31.2 Å². The summed E-state index contributed by atoms with van der Waals surface area (Å²) < 4.78 is 5.80. The van der Waals surface area contributed by atoms with Crippen molar-refractivity contribution in [3.8, 4) is 5.75 Å². The van der Waals surface area contributed by atoms with E-state index in [-0.39, 0.29) is 11.9 Å². The lowest BCUT2D eigenvalue weighted by Crippen LogP contribution is -2.37. The Morgan fingerprint density at radius 2 is 1.74 bits per heavy atom. The summed E-state index contributed by atoms with van der Waals surface area (Å²) in [5, 5.41) is 3.71. The third kappa shape index (κ3) is 4.95. The van der Waals surface area contributed by atoms with Crippen LogP contribution in [0.15, 0.2) is 42.5 Å². The fourth-order valence-corrected chi connectivity index (χ4v) is 4.99. The van der Waals surface area contributed by atoms with Gasteiger partial charge in [-0.3, -0.25) is 4.79 Å². The van der Waals surface area contributed by atoms with Crippen LogP contribution >= 0.6 is 0 Å². The molecule has 4 nitrogen and oxygen atoms in total. The van der Waals surface area contributed by atoms with Gasteiger partial charge in [-0.2, -0.15) is 0 Å². The van der Waals surface area contributed by atoms with Gasteiger partial charge in [-0.15, -0.1) is 0 Å². The molecule has 1 amide bonds. The molecule has 0 saturated heterocycles. The lowest BCUT2D eigenvalue weighted by atomic mass is 10.1. The Morgan fingerprint density at radius 1 is 1.00 bits per heavy atom. The number of hydrogen-bond acceptors (Lipinski definition) is 3. The van der Waals surface area contributed by atoms with Gasteiger partial charge in [0.1, 0.15) is 5.75 Å². The van der Waals surface area contributed by atoms with Crippen LogP contribution in [0, 0.1) is 5.92 Å². The summed E-state index contributed by atoms with van der Waals surface area (Å²) in [6.07, 6.45) is 9.79. The first kappa shape index (κ1) is 20.6. The van der Waals surface area contributed by atoms with Gasteiger partial charge in [-0.05, 0) is 85.4 Å². The standard InChI is InChI=1S/C27H34N2O2/c1-29(27(30)21-10-12-26(13-11-21)31-18-19-6-7-19)25-15-22-9-8-20(14-23(22)16-25)17-28-24-4-2-3-5-24/h8-14,19,24-25,28H,2-7,15-18H2,1H3. The minimum Gasteiger partial charge on any atom is -0.493 e. The van der Waals surface area contributed by atoms with Crippen molar-refractivity contribution >= 4 is 5.91 Å². The molecule has 2 aromatic rings. The summed E-state index contributed by atoms with van der Waals surface area (Å²) in [6.45, 7) is 1.75. The van der Waals surface area contributed by atoms with E-state index in [0.29, 0.717) is 6.04 Å². The topological polar surface area (TPSA) is 41.6 Å². The molecule has 0 aliphatic heterocycles. The predicted octanol–water partition coefficient (Wildman–Crippen LogP) is 4.75. The average molecular weight is 419 g/mol. The number of nitrogens with zero attached hydrogens (tertiary/aromatic N) is 1. The van der Waals surface area contributed by atoms with E-state index in [2.05, 4.69) is 23.5 Å². The van der Waals surface area contributed by atoms with E-state index in [1.165, 1.54) is 55.2 Å². The van der Waals surface area contributed by atoms with Gasteiger partial charge < -0.3 is 15.0 Å². The fraction of sp³-hybridized carbons (Fsp3) is 0.519. The molecule has 1 N–H and O–H groups in total. The van der Waals surface area contributed by atoms with Crippen LogP contribution in [0.2, 0.25) is 0 Å². The fourth-order valence-electron chi connectivity index (χ4n) is 4.99. The highest BCUT2D eigenvalue weighted by molar-refractivity contribution is 5.94. The van der Waals surface area contributed by atoms with Crippen molar-refractivity contribution in [1.82, 2.24) is 10.2 Å². The molecule has 1 atom stereocenters. The largest absolute Gasteiger partial charge is 0.493 e. The molecular formula is C27H34N2O2. The lowest BCUT2D eigenvalue weighted by molar-refractivity contribution is 0.0737. The molecule has 2 aromatic carbocycles. The minimum atomic E-state index is 0.0923. The normalized spacial score (nSPS) is 20.6. The summed E-state index contributed by atoms with van der Waals surface area (Å²) in [6, 6.07) is 15.4. The summed E-state index contributed by atoms with van der Waals surface area (Å²) in [7, 11) is 1.94. The van der Waals surface area contributed by atoms with Gasteiger partial charge in [0.15, 0.2) is 0 Å². The van der Waals surface area contributed by atoms with Gasteiger partial charge in [-0.25, -0.2) is 0 Å². The number of nitrogens with one attached hydrogen (secondary N) is 1. The van der Waals surface area contributed by atoms with Crippen LogP contribution < -0.4 is 10.1 Å². The van der Waals surface area contributed by atoms with Crippen molar-refractivity contribution in [3.05, 3.63) is 64.7 Å². The van der Waals surface area contributed by atoms with Crippen LogP contribution in [0.25, 0.3) is 0 Å². The Balaban J connectivity index is 1.17. The first-order valence-electron chi connectivity index (χ1n) is 12.0. The quantitative estimate of drug-likeness (QED) is 0.673. The first-order valence-corrected chi connectivity index (χ1v) is 12.0. The highest BCUT2D eigenvalue weighted by Crippen LogP contribution is 2.30.